The molecule has 5 heterocycles. The summed E-state index contributed by atoms with van der Waals surface area (Å²) in [6.45, 7) is 3.71. The van der Waals surface area contributed by atoms with Crippen molar-refractivity contribution in [2.45, 2.75) is 50.7 Å². The van der Waals surface area contributed by atoms with Crippen molar-refractivity contribution in [2.75, 3.05) is 43.5 Å². The van der Waals surface area contributed by atoms with Crippen molar-refractivity contribution in [2.24, 2.45) is 5.92 Å². The average Bonchev–Trinajstić information content (AvgIpc) is 3.21. The van der Waals surface area contributed by atoms with Crippen molar-refractivity contribution in [1.29, 1.82) is 0 Å². The molecule has 3 aromatic rings. The molecule has 1 saturated carbocycles. The van der Waals surface area contributed by atoms with E-state index in [1.54, 1.807) is 4.90 Å². The molecule has 15 heteroatoms. The normalized spacial score (nSPS) is 25.4. The molecular weight excluding hydrogens is 804 g/mol. The predicted molar refractivity (Wildman–Crippen MR) is 142 cm³/mol. The Labute approximate surface area is 267 Å². The summed E-state index contributed by atoms with van der Waals surface area (Å²) in [6, 6.07) is 2.12. The van der Waals surface area contributed by atoms with Gasteiger partial charge >= 0.3 is 12.2 Å². The number of ether oxygens (including phenoxy) is 1. The number of alkyl halides is 5. The third kappa shape index (κ3) is 6.15. The van der Waals surface area contributed by atoms with Crippen molar-refractivity contribution in [3.05, 3.63) is 41.3 Å². The van der Waals surface area contributed by atoms with E-state index in [2.05, 4.69) is 19.9 Å². The molecule has 1 aliphatic carbocycles. The van der Waals surface area contributed by atoms with Crippen LogP contribution in [0.15, 0.2) is 18.3 Å². The van der Waals surface area contributed by atoms with Crippen molar-refractivity contribution in [3.8, 4) is 17.3 Å². The van der Waals surface area contributed by atoms with Gasteiger partial charge in [0.05, 0.1) is 36.4 Å². The Morgan fingerprint density at radius 2 is 1.93 bits per heavy atom. The predicted octanol–water partition coefficient (Wildman–Crippen LogP) is 4.98. The molecule has 0 bridgehead atoms. The van der Waals surface area contributed by atoms with Gasteiger partial charge in [-0.25, -0.2) is 19.2 Å². The summed E-state index contributed by atoms with van der Waals surface area (Å²) in [6.07, 6.45) is -2.28. The molecule has 43 heavy (non-hydrogen) atoms. The molecule has 0 unspecified atom stereocenters. The number of hydrogen-bond donors (Lipinski definition) is 2. The van der Waals surface area contributed by atoms with Crippen LogP contribution in [0.1, 0.15) is 30.4 Å². The Hall–Kier alpha value is -2.34. The third-order valence-electron chi connectivity index (χ3n) is 8.22. The van der Waals surface area contributed by atoms with Crippen LogP contribution in [-0.2, 0) is 10.9 Å². The van der Waals surface area contributed by atoms with Crippen LogP contribution >= 0.6 is 0 Å². The van der Waals surface area contributed by atoms with Crippen LogP contribution in [0.4, 0.5) is 37.8 Å². The van der Waals surface area contributed by atoms with Crippen LogP contribution < -0.4 is 10.6 Å². The van der Waals surface area contributed by atoms with E-state index < -0.39 is 58.7 Å². The number of aryl methyl sites for hydroxylation is 1. The quantitative estimate of drug-likeness (QED) is 0.212. The van der Waals surface area contributed by atoms with E-state index >= 15 is 4.39 Å². The molecule has 2 aromatic heterocycles. The molecule has 4 fully saturated rings. The summed E-state index contributed by atoms with van der Waals surface area (Å²) in [5.41, 5.74) is 2.85. The monoisotopic (exact) mass is 833 g/mol. The minimum atomic E-state index is -4.79. The van der Waals surface area contributed by atoms with Crippen LogP contribution in [0.3, 0.4) is 0 Å². The van der Waals surface area contributed by atoms with E-state index in [0.29, 0.717) is 6.54 Å². The molecule has 4 aliphatic rings. The van der Waals surface area contributed by atoms with E-state index in [-0.39, 0.29) is 79.2 Å². The molecule has 3 saturated heterocycles. The Morgan fingerprint density at radius 3 is 2.65 bits per heavy atom. The minimum Gasteiger partial charge on any atom is -0.479 e. The zero-order valence-corrected chi connectivity index (χ0v) is 27.3. The van der Waals surface area contributed by atoms with Crippen LogP contribution in [0.25, 0.3) is 22.2 Å². The summed E-state index contributed by atoms with van der Waals surface area (Å²) in [5.74, 6) is -1.53. The van der Waals surface area contributed by atoms with E-state index in [0.717, 1.165) is 37.7 Å². The number of aromatic hydroxyl groups is 1. The summed E-state index contributed by atoms with van der Waals surface area (Å²) < 4.78 is 89.1. The molecule has 7 rings (SSSR count). The zero-order chi connectivity index (χ0) is 29.9. The van der Waals surface area contributed by atoms with E-state index in [9.17, 15) is 27.1 Å². The van der Waals surface area contributed by atoms with Gasteiger partial charge in [-0.2, -0.15) is 29.6 Å². The van der Waals surface area contributed by atoms with Gasteiger partial charge in [0.1, 0.15) is 23.2 Å². The van der Waals surface area contributed by atoms with E-state index in [1.807, 2.05) is 0 Å². The average molecular weight is 834 g/mol. The second-order valence-electron chi connectivity index (χ2n) is 11.1. The van der Waals surface area contributed by atoms with Gasteiger partial charge in [0.25, 0.3) is 0 Å². The van der Waals surface area contributed by atoms with Gasteiger partial charge in [0, 0.05) is 61.0 Å². The van der Waals surface area contributed by atoms with Gasteiger partial charge in [-0.15, -0.1) is 6.42 Å². The van der Waals surface area contributed by atoms with Gasteiger partial charge in [-0.05, 0) is 37.7 Å². The number of nitrogens with two attached hydrogens (primary N) is 1. The molecule has 3 aliphatic heterocycles. The molecule has 230 valence electrons. The molecule has 0 amide bonds. The maximum absolute atomic E-state index is 15.6. The fourth-order valence-electron chi connectivity index (χ4n) is 6.30. The van der Waals surface area contributed by atoms with Gasteiger partial charge in [0.15, 0.2) is 5.82 Å². The number of halogens is 6. The van der Waals surface area contributed by atoms with E-state index in [1.165, 1.54) is 19.4 Å². The summed E-state index contributed by atoms with van der Waals surface area (Å²) in [5, 5.41) is 10.1. The summed E-state index contributed by atoms with van der Waals surface area (Å²) >= 11 is 0. The number of pyridine rings is 1. The van der Waals surface area contributed by atoms with Gasteiger partial charge in [-0.3, -0.25) is 4.98 Å². The number of benzene rings is 1. The van der Waals surface area contributed by atoms with Crippen LogP contribution in [0.2, 0.25) is 0 Å². The molecule has 3 N–H and O–H groups in total. The third-order valence-corrected chi connectivity index (χ3v) is 8.22. The molecule has 0 spiro atoms. The van der Waals surface area contributed by atoms with Crippen molar-refractivity contribution >= 4 is 22.4 Å². The second kappa shape index (κ2) is 12.2. The Kier molecular flexibility index (Phi) is 9.11. The fourth-order valence-corrected chi connectivity index (χ4v) is 6.30. The number of nitrogens with zero attached hydrogens (tertiary/aromatic N) is 5. The molecule has 0 radical (unpaired) electrons. The van der Waals surface area contributed by atoms with Crippen LogP contribution in [0.5, 0.6) is 6.01 Å². The maximum atomic E-state index is 15.6. The largest absolute Gasteiger partial charge is 0.479 e. The van der Waals surface area contributed by atoms with Crippen molar-refractivity contribution in [1.82, 2.24) is 19.9 Å². The standard InChI is InChI=1S/C21H18F5N5O2.C7H11FN.U/c1-8-4-9(27)5-10(13(8)21(24,25)26)16-15(23)17-11(6-28-16)19(30-20(32)29-17)31-2-3-33-7-12-14(22)18(12)31;8-6-4-7-2-1-3-9(7)5-6;/h4-6,12,14,18H,2-3,7,27H2,1H3,(H,29,30,32);6H,1-5H2;/q;-1;/t12-,14-,18-;6-;/m01./s1. The second-order valence-corrected chi connectivity index (χ2v) is 11.1. The summed E-state index contributed by atoms with van der Waals surface area (Å²) in [7, 11) is 0. The number of rotatable bonds is 2. The Bertz CT molecular complexity index is 1500. The first-order valence-corrected chi connectivity index (χ1v) is 13.7. The van der Waals surface area contributed by atoms with E-state index in [4.69, 9.17) is 10.5 Å². The van der Waals surface area contributed by atoms with Crippen molar-refractivity contribution in [3.63, 3.8) is 0 Å². The van der Waals surface area contributed by atoms with Gasteiger partial charge in [-0.1, -0.05) is 6.42 Å². The van der Waals surface area contributed by atoms with Crippen LogP contribution in [-0.4, -0.2) is 76.2 Å². The summed E-state index contributed by atoms with van der Waals surface area (Å²) in [4.78, 5) is 15.4. The van der Waals surface area contributed by atoms with Gasteiger partial charge in [0.2, 0.25) is 0 Å². The zero-order valence-electron chi connectivity index (χ0n) is 23.1. The molecule has 4 atom stereocenters. The topological polar surface area (TPSA) is 101 Å². The number of anilines is 2. The Morgan fingerprint density at radius 1 is 1.16 bits per heavy atom. The van der Waals surface area contributed by atoms with Crippen LogP contribution in [0, 0.1) is 55.8 Å². The minimum absolute atomic E-state index is 0. The fraction of sp³-hybridized carbons (Fsp3) is 0.500. The number of fused-ring (bicyclic) bond motifs is 3. The number of hydrogen-bond acceptors (Lipinski definition) is 8. The first-order chi connectivity index (χ1) is 19.9. The first-order valence-electron chi connectivity index (χ1n) is 13.7. The maximum Gasteiger partial charge on any atom is 0.417 e. The number of aromatic nitrogens is 3. The molecule has 1 aromatic carbocycles. The first kappa shape index (κ1) is 32.1. The number of nitrogen functional groups attached to an aromatic ring is 1. The smallest absolute Gasteiger partial charge is 0.417 e. The molecule has 8 nitrogen and oxygen atoms in total. The van der Waals surface area contributed by atoms with Gasteiger partial charge < -0.3 is 25.4 Å². The molecular formula is C28H29F6N6O2U-. The SMILES string of the molecule is Cc1cc(N)cc(-c2ncc3c(N4CCOC[C@H]5[C@H](F)[C@H]54)nc(O)nc3c2F)c1C(F)(F)F.F[C@@H]1C[C-]2CCCN2C1.[U]. The van der Waals surface area contributed by atoms with Crippen molar-refractivity contribution < 1.29 is 67.3 Å². The Balaban J connectivity index is 0.000000313.